The summed E-state index contributed by atoms with van der Waals surface area (Å²) in [4.78, 5) is 2.21. The Labute approximate surface area is 151 Å². The molecule has 0 amide bonds. The van der Waals surface area contributed by atoms with Gasteiger partial charge in [-0.15, -0.1) is 23.5 Å². The Morgan fingerprint density at radius 1 is 0.750 bits per heavy atom. The van der Waals surface area contributed by atoms with Crippen molar-refractivity contribution in [3.05, 3.63) is 48.5 Å². The van der Waals surface area contributed by atoms with Gasteiger partial charge in [0.2, 0.25) is 0 Å². The molecule has 0 spiro atoms. The van der Waals surface area contributed by atoms with Gasteiger partial charge < -0.3 is 19.7 Å². The van der Waals surface area contributed by atoms with Gasteiger partial charge in [0.05, 0.1) is 13.2 Å². The van der Waals surface area contributed by atoms with Crippen molar-refractivity contribution in [2.75, 3.05) is 24.7 Å². The predicted molar refractivity (Wildman–Crippen MR) is 99.0 cm³/mol. The molecular formula is C18H22O4S2. The topological polar surface area (TPSA) is 58.9 Å². The summed E-state index contributed by atoms with van der Waals surface area (Å²) in [6.07, 6.45) is -0.231. The molecule has 0 saturated carbocycles. The van der Waals surface area contributed by atoms with Crippen molar-refractivity contribution in [3.8, 4) is 11.5 Å². The highest BCUT2D eigenvalue weighted by atomic mass is 32.2. The van der Waals surface area contributed by atoms with Crippen LogP contribution in [-0.4, -0.2) is 41.2 Å². The van der Waals surface area contributed by atoms with Crippen LogP contribution in [0.2, 0.25) is 0 Å². The molecule has 0 saturated heterocycles. The van der Waals surface area contributed by atoms with Crippen LogP contribution in [0.4, 0.5) is 0 Å². The number of hydrogen-bond donors (Lipinski definition) is 2. The van der Waals surface area contributed by atoms with Crippen molar-refractivity contribution >= 4 is 23.5 Å². The second-order valence-corrected chi connectivity index (χ2v) is 7.33. The van der Waals surface area contributed by atoms with Crippen LogP contribution in [0.3, 0.4) is 0 Å². The number of benzene rings is 2. The van der Waals surface area contributed by atoms with Crippen LogP contribution in [0.1, 0.15) is 6.92 Å². The first kappa shape index (κ1) is 19.0. The number of thioether (sulfide) groups is 2. The third-order valence-corrected chi connectivity index (χ3v) is 5.04. The van der Waals surface area contributed by atoms with Crippen LogP contribution in [-0.2, 0) is 9.47 Å². The molecule has 2 aromatic carbocycles. The largest absolute Gasteiger partial charge is 0.508 e. The molecule has 4 nitrogen and oxygen atoms in total. The molecule has 2 rings (SSSR count). The van der Waals surface area contributed by atoms with Gasteiger partial charge in [0.25, 0.3) is 0 Å². The molecule has 0 radical (unpaired) electrons. The highest BCUT2D eigenvalue weighted by Crippen LogP contribution is 2.21. The Morgan fingerprint density at radius 3 is 1.50 bits per heavy atom. The van der Waals surface area contributed by atoms with E-state index in [1.165, 1.54) is 0 Å². The number of hydrogen-bond acceptors (Lipinski definition) is 6. The van der Waals surface area contributed by atoms with Crippen molar-refractivity contribution in [2.24, 2.45) is 0 Å². The average molecular weight is 367 g/mol. The average Bonchev–Trinajstić information content (AvgIpc) is 2.59. The highest BCUT2D eigenvalue weighted by Gasteiger charge is 2.03. The second kappa shape index (κ2) is 10.5. The van der Waals surface area contributed by atoms with Crippen LogP contribution in [0.25, 0.3) is 0 Å². The Balaban J connectivity index is 1.51. The highest BCUT2D eigenvalue weighted by molar-refractivity contribution is 7.99. The first-order chi connectivity index (χ1) is 11.6. The summed E-state index contributed by atoms with van der Waals surface area (Å²) in [5.74, 6) is 2.23. The minimum absolute atomic E-state index is 0.231. The van der Waals surface area contributed by atoms with Crippen molar-refractivity contribution in [2.45, 2.75) is 23.0 Å². The van der Waals surface area contributed by atoms with Crippen LogP contribution >= 0.6 is 23.5 Å². The van der Waals surface area contributed by atoms with Gasteiger partial charge in [-0.25, -0.2) is 0 Å². The standard InChI is InChI=1S/C18H22O4S2/c1-14(21-10-12-23-17-6-2-15(19)3-7-17)22-11-13-24-18-8-4-16(20)5-9-18/h2-9,14,19-20H,10-13H2,1H3. The molecule has 0 aromatic heterocycles. The van der Waals surface area contributed by atoms with Crippen molar-refractivity contribution in [1.82, 2.24) is 0 Å². The summed E-state index contributed by atoms with van der Waals surface area (Å²) in [5.41, 5.74) is 0. The number of ether oxygens (including phenoxy) is 2. The van der Waals surface area contributed by atoms with Gasteiger partial charge in [-0.05, 0) is 55.5 Å². The maximum atomic E-state index is 9.23. The molecule has 24 heavy (non-hydrogen) atoms. The summed E-state index contributed by atoms with van der Waals surface area (Å²) < 4.78 is 11.2. The normalized spacial score (nSPS) is 11.1. The zero-order valence-electron chi connectivity index (χ0n) is 13.6. The van der Waals surface area contributed by atoms with Gasteiger partial charge in [0.1, 0.15) is 11.5 Å². The molecule has 0 unspecified atom stereocenters. The monoisotopic (exact) mass is 366 g/mol. The number of phenolic OH excluding ortho intramolecular Hbond substituents is 2. The molecule has 0 aliphatic rings. The molecule has 2 N–H and O–H groups in total. The van der Waals surface area contributed by atoms with Gasteiger partial charge in [-0.1, -0.05) is 0 Å². The van der Waals surface area contributed by atoms with E-state index >= 15 is 0 Å². The molecule has 0 heterocycles. The fourth-order valence-electron chi connectivity index (χ4n) is 1.88. The Bertz CT molecular complexity index is 533. The summed E-state index contributed by atoms with van der Waals surface area (Å²) in [7, 11) is 0. The van der Waals surface area contributed by atoms with Crippen LogP contribution in [0.5, 0.6) is 11.5 Å². The molecule has 0 bridgehead atoms. The van der Waals surface area contributed by atoms with E-state index in [1.54, 1.807) is 47.8 Å². The number of rotatable bonds is 10. The molecule has 130 valence electrons. The third-order valence-electron chi connectivity index (χ3n) is 3.08. The van der Waals surface area contributed by atoms with E-state index in [4.69, 9.17) is 9.47 Å². The number of phenols is 2. The van der Waals surface area contributed by atoms with Crippen LogP contribution in [0.15, 0.2) is 58.3 Å². The second-order valence-electron chi connectivity index (χ2n) is 4.99. The summed E-state index contributed by atoms with van der Waals surface area (Å²) in [6.45, 7) is 3.12. The van der Waals surface area contributed by atoms with Crippen molar-refractivity contribution < 1.29 is 19.7 Å². The number of aromatic hydroxyl groups is 2. The SMILES string of the molecule is CC(OCCSc1ccc(O)cc1)OCCSc1ccc(O)cc1. The molecular weight excluding hydrogens is 344 g/mol. The summed E-state index contributed by atoms with van der Waals surface area (Å²) in [5, 5.41) is 18.5. The molecule has 0 fully saturated rings. The van der Waals surface area contributed by atoms with E-state index in [0.717, 1.165) is 21.3 Å². The third kappa shape index (κ3) is 7.49. The first-order valence-electron chi connectivity index (χ1n) is 7.70. The lowest BCUT2D eigenvalue weighted by Gasteiger charge is -2.14. The lowest BCUT2D eigenvalue weighted by atomic mass is 10.3. The Hall–Kier alpha value is -1.34. The predicted octanol–water partition coefficient (Wildman–Crippen LogP) is 4.36. The molecule has 0 atom stereocenters. The van der Waals surface area contributed by atoms with Gasteiger partial charge in [0, 0.05) is 21.3 Å². The van der Waals surface area contributed by atoms with E-state index in [0.29, 0.717) is 13.2 Å². The van der Waals surface area contributed by atoms with Crippen molar-refractivity contribution in [3.63, 3.8) is 0 Å². The molecule has 6 heteroatoms. The van der Waals surface area contributed by atoms with E-state index < -0.39 is 0 Å². The Morgan fingerprint density at radius 2 is 1.12 bits per heavy atom. The van der Waals surface area contributed by atoms with Gasteiger partial charge in [0.15, 0.2) is 6.29 Å². The van der Waals surface area contributed by atoms with Gasteiger partial charge in [-0.2, -0.15) is 0 Å². The smallest absolute Gasteiger partial charge is 0.154 e. The summed E-state index contributed by atoms with van der Waals surface area (Å²) >= 11 is 3.36. The first-order valence-corrected chi connectivity index (χ1v) is 9.67. The van der Waals surface area contributed by atoms with E-state index in [1.807, 2.05) is 31.2 Å². The minimum atomic E-state index is -0.231. The maximum Gasteiger partial charge on any atom is 0.154 e. The molecule has 2 aromatic rings. The van der Waals surface area contributed by atoms with Crippen LogP contribution in [0, 0.1) is 0 Å². The van der Waals surface area contributed by atoms with E-state index in [-0.39, 0.29) is 17.8 Å². The lowest BCUT2D eigenvalue weighted by molar-refractivity contribution is -0.121. The zero-order chi connectivity index (χ0) is 17.2. The van der Waals surface area contributed by atoms with Gasteiger partial charge >= 0.3 is 0 Å². The maximum absolute atomic E-state index is 9.23. The zero-order valence-corrected chi connectivity index (χ0v) is 15.2. The molecule has 0 aliphatic heterocycles. The fraction of sp³-hybridized carbons (Fsp3) is 0.333. The minimum Gasteiger partial charge on any atom is -0.508 e. The van der Waals surface area contributed by atoms with Crippen LogP contribution < -0.4 is 0 Å². The van der Waals surface area contributed by atoms with E-state index in [9.17, 15) is 10.2 Å². The van der Waals surface area contributed by atoms with Gasteiger partial charge in [-0.3, -0.25) is 0 Å². The fourth-order valence-corrected chi connectivity index (χ4v) is 3.37. The van der Waals surface area contributed by atoms with Crippen molar-refractivity contribution in [1.29, 1.82) is 0 Å². The quantitative estimate of drug-likeness (QED) is 0.370. The summed E-state index contributed by atoms with van der Waals surface area (Å²) in [6, 6.07) is 14.3. The van der Waals surface area contributed by atoms with E-state index in [2.05, 4.69) is 0 Å². The molecule has 0 aliphatic carbocycles. The lowest BCUT2D eigenvalue weighted by Crippen LogP contribution is -2.16. The Kier molecular flexibility index (Phi) is 8.32.